The Morgan fingerprint density at radius 3 is 2.45 bits per heavy atom. The monoisotopic (exact) mass is 531 g/mol. The Morgan fingerprint density at radius 1 is 0.875 bits per heavy atom. The molecule has 1 N–H and O–H groups in total. The van der Waals surface area contributed by atoms with Crippen LogP contribution in [0.3, 0.4) is 0 Å². The second-order valence-electron chi connectivity index (χ2n) is 10.0. The van der Waals surface area contributed by atoms with Gasteiger partial charge in [0.1, 0.15) is 17.3 Å². The topological polar surface area (TPSA) is 101 Å². The summed E-state index contributed by atoms with van der Waals surface area (Å²) < 4.78 is 15.5. The molecule has 1 aliphatic heterocycles. The van der Waals surface area contributed by atoms with Gasteiger partial charge in [-0.15, -0.1) is 0 Å². The average molecular weight is 532 g/mol. The summed E-state index contributed by atoms with van der Waals surface area (Å²) in [4.78, 5) is 24.7. The number of piperidine rings is 1. The van der Waals surface area contributed by atoms with Crippen molar-refractivity contribution in [3.05, 3.63) is 103 Å². The van der Waals surface area contributed by atoms with E-state index in [1.165, 1.54) is 17.7 Å². The number of nitrogens with zero attached hydrogens (tertiary/aromatic N) is 8. The second kappa shape index (κ2) is 10.4. The van der Waals surface area contributed by atoms with E-state index in [4.69, 9.17) is 4.98 Å². The van der Waals surface area contributed by atoms with Gasteiger partial charge in [0.05, 0.1) is 11.9 Å². The molecule has 0 bridgehead atoms. The van der Waals surface area contributed by atoms with Gasteiger partial charge in [0.15, 0.2) is 0 Å². The molecule has 0 aliphatic carbocycles. The molecule has 1 aliphatic rings. The third-order valence-corrected chi connectivity index (χ3v) is 7.44. The molecule has 0 unspecified atom stereocenters. The molecule has 4 aromatic heterocycles. The van der Waals surface area contributed by atoms with Gasteiger partial charge in [0.2, 0.25) is 11.6 Å². The highest BCUT2D eigenvalue weighted by molar-refractivity contribution is 5.81. The molecular formula is C30H26FN9. The molecule has 7 rings (SSSR count). The van der Waals surface area contributed by atoms with Crippen molar-refractivity contribution in [1.82, 2.24) is 44.4 Å². The highest BCUT2D eigenvalue weighted by Gasteiger charge is 2.24. The number of H-pyrrole nitrogens is 1. The number of halogens is 1. The molecule has 5 heterocycles. The first-order valence-corrected chi connectivity index (χ1v) is 13.3. The van der Waals surface area contributed by atoms with E-state index in [0.29, 0.717) is 23.2 Å². The van der Waals surface area contributed by atoms with E-state index in [1.807, 2.05) is 16.8 Å². The van der Waals surface area contributed by atoms with E-state index >= 15 is 0 Å². The summed E-state index contributed by atoms with van der Waals surface area (Å²) in [5.41, 5.74) is 5.58. The summed E-state index contributed by atoms with van der Waals surface area (Å²) in [5.74, 6) is 2.23. The van der Waals surface area contributed by atoms with Crippen molar-refractivity contribution in [1.29, 1.82) is 0 Å². The van der Waals surface area contributed by atoms with E-state index in [0.717, 1.165) is 60.7 Å². The molecule has 0 saturated carbocycles. The molecule has 0 amide bonds. The number of rotatable bonds is 6. The van der Waals surface area contributed by atoms with Gasteiger partial charge in [-0.3, -0.25) is 19.4 Å². The maximum absolute atomic E-state index is 13.6. The van der Waals surface area contributed by atoms with Crippen LogP contribution in [0.25, 0.3) is 39.7 Å². The third-order valence-electron chi connectivity index (χ3n) is 7.44. The SMILES string of the molecule is Fc1ccc(-c2cn3ccnc3nc2-c2ccc(CN3CCC(c4nc(-c5cnccn5)n[nH]4)CC3)cc2)cc1. The summed E-state index contributed by atoms with van der Waals surface area (Å²) in [5, 5.41) is 7.46. The van der Waals surface area contributed by atoms with Crippen LogP contribution in [0.15, 0.2) is 85.7 Å². The van der Waals surface area contributed by atoms with Crippen LogP contribution >= 0.6 is 0 Å². The first-order valence-electron chi connectivity index (χ1n) is 13.3. The number of imidazole rings is 1. The van der Waals surface area contributed by atoms with Gasteiger partial charge in [-0.2, -0.15) is 5.10 Å². The van der Waals surface area contributed by atoms with E-state index in [9.17, 15) is 4.39 Å². The predicted molar refractivity (Wildman–Crippen MR) is 148 cm³/mol. The molecular weight excluding hydrogens is 505 g/mol. The molecule has 9 nitrogen and oxygen atoms in total. The summed E-state index contributed by atoms with van der Waals surface area (Å²) >= 11 is 0. The summed E-state index contributed by atoms with van der Waals surface area (Å²) in [7, 11) is 0. The predicted octanol–water partition coefficient (Wildman–Crippen LogP) is 5.16. The Balaban J connectivity index is 1.04. The average Bonchev–Trinajstić information content (AvgIpc) is 3.68. The minimum atomic E-state index is -0.261. The van der Waals surface area contributed by atoms with Crippen LogP contribution < -0.4 is 0 Å². The number of aromatic amines is 1. The summed E-state index contributed by atoms with van der Waals surface area (Å²) in [6.45, 7) is 2.85. The van der Waals surface area contributed by atoms with Gasteiger partial charge in [0.25, 0.3) is 0 Å². The molecule has 198 valence electrons. The van der Waals surface area contributed by atoms with Crippen LogP contribution in [-0.4, -0.2) is 57.5 Å². The lowest BCUT2D eigenvalue weighted by molar-refractivity contribution is 0.202. The zero-order valence-corrected chi connectivity index (χ0v) is 21.7. The lowest BCUT2D eigenvalue weighted by Crippen LogP contribution is -2.32. The van der Waals surface area contributed by atoms with Crippen molar-refractivity contribution >= 4 is 5.78 Å². The van der Waals surface area contributed by atoms with E-state index in [-0.39, 0.29) is 5.82 Å². The number of benzene rings is 2. The van der Waals surface area contributed by atoms with E-state index in [2.05, 4.69) is 59.3 Å². The number of aromatic nitrogens is 8. The Hall–Kier alpha value is -4.83. The van der Waals surface area contributed by atoms with Gasteiger partial charge < -0.3 is 0 Å². The standard InChI is InChI=1S/C30H26FN9/c31-24-7-5-21(6-8-24)25-19-40-16-13-34-30(40)35-27(25)22-3-1-20(2-4-22)18-39-14-9-23(10-15-39)28-36-29(38-37-28)26-17-32-11-12-33-26/h1-8,11-13,16-17,19,23H,9-10,14-15,18H2,(H,36,37,38). The quantitative estimate of drug-likeness (QED) is 0.317. The van der Waals surface area contributed by atoms with Crippen molar-refractivity contribution in [2.24, 2.45) is 0 Å². The molecule has 0 radical (unpaired) electrons. The Labute approximate surface area is 229 Å². The fourth-order valence-corrected chi connectivity index (χ4v) is 5.29. The van der Waals surface area contributed by atoms with Gasteiger partial charge in [-0.25, -0.2) is 24.3 Å². The molecule has 10 heteroatoms. The fourth-order valence-electron chi connectivity index (χ4n) is 5.29. The smallest absolute Gasteiger partial charge is 0.234 e. The Morgan fingerprint density at radius 2 is 1.68 bits per heavy atom. The van der Waals surface area contributed by atoms with Crippen LogP contribution in [-0.2, 0) is 6.54 Å². The minimum Gasteiger partial charge on any atom is -0.299 e. The van der Waals surface area contributed by atoms with Crippen molar-refractivity contribution in [2.45, 2.75) is 25.3 Å². The van der Waals surface area contributed by atoms with Crippen LogP contribution in [0.4, 0.5) is 4.39 Å². The lowest BCUT2D eigenvalue weighted by atomic mass is 9.95. The second-order valence-corrected chi connectivity index (χ2v) is 10.0. The minimum absolute atomic E-state index is 0.261. The summed E-state index contributed by atoms with van der Waals surface area (Å²) in [6, 6.07) is 15.1. The highest BCUT2D eigenvalue weighted by Crippen LogP contribution is 2.32. The Bertz CT molecular complexity index is 1740. The summed E-state index contributed by atoms with van der Waals surface area (Å²) in [6.07, 6.45) is 12.6. The molecule has 0 atom stereocenters. The maximum Gasteiger partial charge on any atom is 0.234 e. The maximum atomic E-state index is 13.6. The van der Waals surface area contributed by atoms with E-state index in [1.54, 1.807) is 36.9 Å². The van der Waals surface area contributed by atoms with Gasteiger partial charge >= 0.3 is 0 Å². The molecule has 1 saturated heterocycles. The number of hydrogen-bond donors (Lipinski definition) is 1. The van der Waals surface area contributed by atoms with Crippen molar-refractivity contribution < 1.29 is 4.39 Å². The third kappa shape index (κ3) is 4.85. The molecule has 40 heavy (non-hydrogen) atoms. The molecule has 6 aromatic rings. The van der Waals surface area contributed by atoms with Crippen LogP contribution in [0.2, 0.25) is 0 Å². The van der Waals surface area contributed by atoms with Crippen molar-refractivity contribution in [3.63, 3.8) is 0 Å². The van der Waals surface area contributed by atoms with Crippen molar-refractivity contribution in [2.75, 3.05) is 13.1 Å². The molecule has 0 spiro atoms. The first kappa shape index (κ1) is 24.2. The van der Waals surface area contributed by atoms with Crippen molar-refractivity contribution in [3.8, 4) is 33.9 Å². The number of hydrogen-bond acceptors (Lipinski definition) is 7. The zero-order valence-electron chi connectivity index (χ0n) is 21.7. The zero-order chi connectivity index (χ0) is 26.9. The van der Waals surface area contributed by atoms with Gasteiger partial charge in [0, 0.05) is 54.6 Å². The van der Waals surface area contributed by atoms with Crippen LogP contribution in [0.5, 0.6) is 0 Å². The lowest BCUT2D eigenvalue weighted by Gasteiger charge is -2.31. The normalized spacial score (nSPS) is 14.6. The van der Waals surface area contributed by atoms with Gasteiger partial charge in [-0.05, 0) is 49.2 Å². The van der Waals surface area contributed by atoms with Gasteiger partial charge in [-0.1, -0.05) is 36.4 Å². The molecule has 2 aromatic carbocycles. The van der Waals surface area contributed by atoms with Crippen LogP contribution in [0, 0.1) is 5.82 Å². The number of fused-ring (bicyclic) bond motifs is 1. The van der Waals surface area contributed by atoms with E-state index < -0.39 is 0 Å². The number of likely N-dealkylation sites (tertiary alicyclic amines) is 1. The largest absolute Gasteiger partial charge is 0.299 e. The Kier molecular flexibility index (Phi) is 6.29. The van der Waals surface area contributed by atoms with Crippen LogP contribution in [0.1, 0.15) is 30.1 Å². The molecule has 1 fully saturated rings. The highest BCUT2D eigenvalue weighted by atomic mass is 19.1. The number of nitrogens with one attached hydrogen (secondary N) is 1. The first-order chi connectivity index (χ1) is 19.7. The fraction of sp³-hybridized carbons (Fsp3) is 0.200.